The highest BCUT2D eigenvalue weighted by atomic mass is 16.5. The van der Waals surface area contributed by atoms with Gasteiger partial charge >= 0.3 is 0 Å². The first-order valence-corrected chi connectivity index (χ1v) is 10.4. The third-order valence-electron chi connectivity index (χ3n) is 4.97. The van der Waals surface area contributed by atoms with Crippen molar-refractivity contribution < 1.29 is 14.3 Å². The number of imidazole rings is 1. The van der Waals surface area contributed by atoms with Gasteiger partial charge in [-0.15, -0.1) is 0 Å². The van der Waals surface area contributed by atoms with E-state index in [1.165, 1.54) is 0 Å². The molecule has 0 fully saturated rings. The number of rotatable bonds is 8. The lowest BCUT2D eigenvalue weighted by atomic mass is 10.2. The number of hydrogen-bond acceptors (Lipinski definition) is 4. The Morgan fingerprint density at radius 3 is 2.41 bits per heavy atom. The molecule has 7 nitrogen and oxygen atoms in total. The summed E-state index contributed by atoms with van der Waals surface area (Å²) >= 11 is 0. The Morgan fingerprint density at radius 1 is 0.906 bits per heavy atom. The quantitative estimate of drug-likeness (QED) is 0.422. The second kappa shape index (κ2) is 9.78. The molecule has 2 amide bonds. The van der Waals surface area contributed by atoms with Crippen LogP contribution in [0.25, 0.3) is 5.65 Å². The zero-order chi connectivity index (χ0) is 22.3. The molecule has 7 heteroatoms. The maximum Gasteiger partial charge on any atom is 0.255 e. The summed E-state index contributed by atoms with van der Waals surface area (Å²) in [6, 6.07) is 20.0. The van der Waals surface area contributed by atoms with Gasteiger partial charge in [0.15, 0.2) is 0 Å². The van der Waals surface area contributed by atoms with Crippen LogP contribution in [0, 0.1) is 6.92 Å². The predicted molar refractivity (Wildman–Crippen MR) is 122 cm³/mol. The molecule has 2 heterocycles. The van der Waals surface area contributed by atoms with Gasteiger partial charge in [-0.2, -0.15) is 0 Å². The monoisotopic (exact) mass is 428 g/mol. The van der Waals surface area contributed by atoms with Gasteiger partial charge in [0.25, 0.3) is 11.8 Å². The van der Waals surface area contributed by atoms with Gasteiger partial charge in [-0.25, -0.2) is 4.98 Å². The van der Waals surface area contributed by atoms with Crippen LogP contribution in [0.2, 0.25) is 0 Å². The molecule has 0 unspecified atom stereocenters. The number of benzene rings is 2. The van der Waals surface area contributed by atoms with E-state index in [0.717, 1.165) is 16.9 Å². The average Bonchev–Trinajstić information content (AvgIpc) is 3.25. The van der Waals surface area contributed by atoms with Crippen molar-refractivity contribution in [1.29, 1.82) is 0 Å². The van der Waals surface area contributed by atoms with Gasteiger partial charge in [0, 0.05) is 31.0 Å². The fraction of sp³-hybridized carbons (Fsp3) is 0.160. The molecular formula is C25H24N4O3. The molecule has 2 aromatic carbocycles. The number of nitrogens with zero attached hydrogens (tertiary/aromatic N) is 2. The smallest absolute Gasteiger partial charge is 0.255 e. The summed E-state index contributed by atoms with van der Waals surface area (Å²) in [4.78, 5) is 29.3. The maximum absolute atomic E-state index is 12.7. The predicted octanol–water partition coefficient (Wildman–Crippen LogP) is 3.38. The third-order valence-corrected chi connectivity index (χ3v) is 4.97. The number of amides is 2. The Balaban J connectivity index is 1.32. The summed E-state index contributed by atoms with van der Waals surface area (Å²) in [5.41, 5.74) is 3.76. The van der Waals surface area contributed by atoms with Crippen LogP contribution in [0.5, 0.6) is 5.75 Å². The fourth-order valence-electron chi connectivity index (χ4n) is 3.34. The zero-order valence-corrected chi connectivity index (χ0v) is 17.7. The second-order valence-corrected chi connectivity index (χ2v) is 7.32. The van der Waals surface area contributed by atoms with Gasteiger partial charge in [-0.1, -0.05) is 36.4 Å². The van der Waals surface area contributed by atoms with E-state index in [1.54, 1.807) is 42.5 Å². The number of aryl methyl sites for hydroxylation is 1. The molecule has 0 aliphatic rings. The second-order valence-electron chi connectivity index (χ2n) is 7.32. The van der Waals surface area contributed by atoms with Gasteiger partial charge in [0.2, 0.25) is 0 Å². The van der Waals surface area contributed by atoms with Crippen molar-refractivity contribution in [1.82, 2.24) is 20.0 Å². The molecule has 0 aliphatic heterocycles. The number of carbonyl (C=O) groups is 2. The molecule has 32 heavy (non-hydrogen) atoms. The topological polar surface area (TPSA) is 84.7 Å². The number of para-hydroxylation sites is 1. The van der Waals surface area contributed by atoms with Gasteiger partial charge in [-0.3, -0.25) is 9.59 Å². The first-order valence-electron chi connectivity index (χ1n) is 10.4. The lowest BCUT2D eigenvalue weighted by Crippen LogP contribution is -2.34. The largest absolute Gasteiger partial charge is 0.486 e. The van der Waals surface area contributed by atoms with Crippen molar-refractivity contribution in [3.63, 3.8) is 0 Å². The highest BCUT2D eigenvalue weighted by Crippen LogP contribution is 2.20. The first-order chi connectivity index (χ1) is 15.6. The molecule has 0 atom stereocenters. The molecule has 4 aromatic rings. The molecule has 0 bridgehead atoms. The SMILES string of the molecule is Cc1cccn2cc(COc3ccccc3C(=O)NCCNC(=O)c3ccccc3)nc12. The zero-order valence-electron chi connectivity index (χ0n) is 17.7. The van der Waals surface area contributed by atoms with Crippen molar-refractivity contribution >= 4 is 17.5 Å². The Morgan fingerprint density at radius 2 is 1.62 bits per heavy atom. The van der Waals surface area contributed by atoms with Crippen LogP contribution in [0.4, 0.5) is 0 Å². The van der Waals surface area contributed by atoms with Crippen LogP contribution in [-0.2, 0) is 6.61 Å². The molecule has 4 rings (SSSR count). The molecule has 0 saturated heterocycles. The molecule has 162 valence electrons. The number of nitrogens with one attached hydrogen (secondary N) is 2. The fourth-order valence-corrected chi connectivity index (χ4v) is 3.34. The van der Waals surface area contributed by atoms with Gasteiger partial charge in [0.1, 0.15) is 18.0 Å². The van der Waals surface area contributed by atoms with Crippen molar-refractivity contribution in [2.75, 3.05) is 13.1 Å². The van der Waals surface area contributed by atoms with E-state index >= 15 is 0 Å². The maximum atomic E-state index is 12.7. The Hall–Kier alpha value is -4.13. The average molecular weight is 428 g/mol. The highest BCUT2D eigenvalue weighted by Gasteiger charge is 2.13. The lowest BCUT2D eigenvalue weighted by molar-refractivity contribution is 0.0925. The summed E-state index contributed by atoms with van der Waals surface area (Å²) in [5.74, 6) is 0.0405. The number of pyridine rings is 1. The van der Waals surface area contributed by atoms with E-state index in [2.05, 4.69) is 15.6 Å². The molecule has 2 aromatic heterocycles. The lowest BCUT2D eigenvalue weighted by Gasteiger charge is -2.11. The van der Waals surface area contributed by atoms with Crippen LogP contribution in [0.1, 0.15) is 32.0 Å². The number of ether oxygens (including phenoxy) is 1. The summed E-state index contributed by atoms with van der Waals surface area (Å²) in [6.45, 7) is 2.88. The highest BCUT2D eigenvalue weighted by molar-refractivity contribution is 5.97. The minimum Gasteiger partial charge on any atom is -0.486 e. The van der Waals surface area contributed by atoms with E-state index in [1.807, 2.05) is 48.0 Å². The summed E-state index contributed by atoms with van der Waals surface area (Å²) in [7, 11) is 0. The van der Waals surface area contributed by atoms with E-state index in [9.17, 15) is 9.59 Å². The van der Waals surface area contributed by atoms with E-state index in [0.29, 0.717) is 30.0 Å². The molecule has 2 N–H and O–H groups in total. The normalized spacial score (nSPS) is 10.7. The van der Waals surface area contributed by atoms with Crippen molar-refractivity contribution in [3.05, 3.63) is 102 Å². The minimum absolute atomic E-state index is 0.175. The number of carbonyl (C=O) groups excluding carboxylic acids is 2. The standard InChI is InChI=1S/C25H24N4O3/c1-18-8-7-15-29-16-20(28-23(18)29)17-32-22-12-6-5-11-21(22)25(31)27-14-13-26-24(30)19-9-3-2-4-10-19/h2-12,15-16H,13-14,17H2,1H3,(H,26,30)(H,27,31). The van der Waals surface area contributed by atoms with Gasteiger partial charge in [-0.05, 0) is 42.8 Å². The van der Waals surface area contributed by atoms with Crippen LogP contribution in [0.3, 0.4) is 0 Å². The third kappa shape index (κ3) is 4.95. The van der Waals surface area contributed by atoms with E-state index < -0.39 is 0 Å². The number of aromatic nitrogens is 2. The van der Waals surface area contributed by atoms with Gasteiger partial charge in [0.05, 0.1) is 11.3 Å². The van der Waals surface area contributed by atoms with Crippen molar-refractivity contribution in [2.45, 2.75) is 13.5 Å². The molecule has 0 aliphatic carbocycles. The van der Waals surface area contributed by atoms with Crippen molar-refractivity contribution in [3.8, 4) is 5.75 Å². The summed E-state index contributed by atoms with van der Waals surface area (Å²) in [5, 5.41) is 5.61. The van der Waals surface area contributed by atoms with E-state index in [4.69, 9.17) is 4.74 Å². The first kappa shape index (κ1) is 21.1. The molecule has 0 saturated carbocycles. The number of fused-ring (bicyclic) bond motifs is 1. The van der Waals surface area contributed by atoms with Crippen LogP contribution in [0.15, 0.2) is 79.1 Å². The van der Waals surface area contributed by atoms with Gasteiger partial charge < -0.3 is 19.8 Å². The molecule has 0 spiro atoms. The van der Waals surface area contributed by atoms with Crippen LogP contribution < -0.4 is 15.4 Å². The van der Waals surface area contributed by atoms with Crippen molar-refractivity contribution in [2.24, 2.45) is 0 Å². The number of hydrogen-bond donors (Lipinski definition) is 2. The summed E-state index contributed by atoms with van der Waals surface area (Å²) in [6.07, 6.45) is 3.86. The molecule has 0 radical (unpaired) electrons. The summed E-state index contributed by atoms with van der Waals surface area (Å²) < 4.78 is 7.86. The molecular weight excluding hydrogens is 404 g/mol. The minimum atomic E-state index is -0.264. The Kier molecular flexibility index (Phi) is 6.46. The van der Waals surface area contributed by atoms with Crippen LogP contribution >= 0.6 is 0 Å². The van der Waals surface area contributed by atoms with Crippen LogP contribution in [-0.4, -0.2) is 34.3 Å². The van der Waals surface area contributed by atoms with E-state index in [-0.39, 0.29) is 18.4 Å². The Bertz CT molecular complexity index is 1230. The Labute approximate surface area is 186 Å².